The van der Waals surface area contributed by atoms with Gasteiger partial charge in [-0.3, -0.25) is 9.59 Å². The van der Waals surface area contributed by atoms with E-state index in [1.165, 1.54) is 0 Å². The summed E-state index contributed by atoms with van der Waals surface area (Å²) < 4.78 is 0. The van der Waals surface area contributed by atoms with Crippen LogP contribution in [0.3, 0.4) is 0 Å². The molecule has 2 rings (SSSR count). The molecule has 6 nitrogen and oxygen atoms in total. The minimum absolute atomic E-state index is 0.170. The Balaban J connectivity index is 1.77. The van der Waals surface area contributed by atoms with Crippen molar-refractivity contribution < 1.29 is 9.59 Å². The molecule has 0 spiro atoms. The summed E-state index contributed by atoms with van der Waals surface area (Å²) in [5.74, 6) is 0.0467. The van der Waals surface area contributed by atoms with Crippen LogP contribution in [0, 0.1) is 0 Å². The number of nitrogens with zero attached hydrogens (tertiary/aromatic N) is 2. The van der Waals surface area contributed by atoms with Crippen molar-refractivity contribution in [3.05, 3.63) is 23.0 Å². The van der Waals surface area contributed by atoms with E-state index < -0.39 is 0 Å². The molecule has 22 heavy (non-hydrogen) atoms. The average molecular weight is 327 g/mol. The molecule has 2 heterocycles. The van der Waals surface area contributed by atoms with E-state index in [2.05, 4.69) is 15.2 Å². The van der Waals surface area contributed by atoms with Gasteiger partial charge in [0.25, 0.3) is 5.91 Å². The first-order valence-electron chi connectivity index (χ1n) is 7.53. The van der Waals surface area contributed by atoms with Gasteiger partial charge in [0.1, 0.15) is 5.69 Å². The van der Waals surface area contributed by atoms with Gasteiger partial charge in [0.15, 0.2) is 0 Å². The number of H-pyrrole nitrogens is 1. The zero-order valence-corrected chi connectivity index (χ0v) is 13.8. The predicted octanol–water partition coefficient (Wildman–Crippen LogP) is 1.34. The molecule has 1 atom stereocenters. The Labute approximate surface area is 135 Å². The molecule has 1 aliphatic heterocycles. The molecule has 1 aromatic rings. The van der Waals surface area contributed by atoms with Gasteiger partial charge in [-0.15, -0.1) is 0 Å². The van der Waals surface area contributed by atoms with Crippen molar-refractivity contribution in [3.8, 4) is 0 Å². The molecular weight excluding hydrogens is 304 g/mol. The average Bonchev–Trinajstić information content (AvgIpc) is 3.03. The molecule has 1 aliphatic rings. The van der Waals surface area contributed by atoms with Crippen molar-refractivity contribution >= 4 is 23.4 Å². The van der Waals surface area contributed by atoms with Crippen LogP contribution in [-0.2, 0) is 4.79 Å². The van der Waals surface area contributed by atoms with E-state index in [1.807, 2.05) is 19.0 Å². The fraction of sp³-hybridized carbons (Fsp3) is 0.600. The monoisotopic (exact) mass is 326 g/mol. The van der Waals surface area contributed by atoms with Gasteiger partial charge in [0.2, 0.25) is 5.91 Å². The molecule has 1 fully saturated rings. The van der Waals surface area contributed by atoms with E-state index in [0.717, 1.165) is 25.9 Å². The number of carbonyl (C=O) groups excluding carboxylic acids is 2. The summed E-state index contributed by atoms with van der Waals surface area (Å²) in [7, 11) is 3.99. The van der Waals surface area contributed by atoms with Crippen LogP contribution in [0.25, 0.3) is 0 Å². The van der Waals surface area contributed by atoms with Crippen LogP contribution in [0.2, 0.25) is 5.02 Å². The van der Waals surface area contributed by atoms with Gasteiger partial charge in [0.05, 0.1) is 5.02 Å². The Morgan fingerprint density at radius 2 is 2.32 bits per heavy atom. The fourth-order valence-electron chi connectivity index (χ4n) is 2.65. The fourth-order valence-corrected chi connectivity index (χ4v) is 2.82. The molecule has 0 unspecified atom stereocenters. The maximum Gasteiger partial charge on any atom is 0.267 e. The van der Waals surface area contributed by atoms with Gasteiger partial charge in [-0.1, -0.05) is 11.6 Å². The van der Waals surface area contributed by atoms with Crippen LogP contribution in [0.4, 0.5) is 0 Å². The van der Waals surface area contributed by atoms with Crippen LogP contribution in [0.5, 0.6) is 0 Å². The number of aromatic nitrogens is 1. The van der Waals surface area contributed by atoms with Gasteiger partial charge >= 0.3 is 0 Å². The lowest BCUT2D eigenvalue weighted by Gasteiger charge is -2.26. The highest BCUT2D eigenvalue weighted by Gasteiger charge is 2.30. The van der Waals surface area contributed by atoms with Crippen LogP contribution in [-0.4, -0.2) is 66.4 Å². The molecule has 0 aliphatic carbocycles. The summed E-state index contributed by atoms with van der Waals surface area (Å²) in [6, 6.07) is 1.82. The Kier molecular flexibility index (Phi) is 5.85. The van der Waals surface area contributed by atoms with Gasteiger partial charge in [-0.25, -0.2) is 0 Å². The van der Waals surface area contributed by atoms with Crippen molar-refractivity contribution in [2.24, 2.45) is 0 Å². The Morgan fingerprint density at radius 3 is 2.95 bits per heavy atom. The first-order valence-corrected chi connectivity index (χ1v) is 7.91. The van der Waals surface area contributed by atoms with Gasteiger partial charge < -0.3 is 20.1 Å². The minimum Gasteiger partial charge on any atom is -0.356 e. The van der Waals surface area contributed by atoms with E-state index in [0.29, 0.717) is 23.7 Å². The first-order chi connectivity index (χ1) is 10.5. The Bertz CT molecular complexity index is 529. The molecule has 2 amide bonds. The molecule has 0 saturated carbocycles. The van der Waals surface area contributed by atoms with Crippen molar-refractivity contribution in [1.29, 1.82) is 0 Å². The molecule has 0 radical (unpaired) electrons. The number of likely N-dealkylation sites (N-methyl/N-ethyl adjacent to an activating group) is 1. The smallest absolute Gasteiger partial charge is 0.267 e. The Morgan fingerprint density at radius 1 is 1.55 bits per heavy atom. The third kappa shape index (κ3) is 4.48. The molecule has 7 heteroatoms. The summed E-state index contributed by atoms with van der Waals surface area (Å²) in [6.07, 6.45) is 3.84. The highest BCUT2D eigenvalue weighted by atomic mass is 35.5. The first kappa shape index (κ1) is 16.8. The van der Waals surface area contributed by atoms with Gasteiger partial charge in [0, 0.05) is 38.3 Å². The summed E-state index contributed by atoms with van der Waals surface area (Å²) in [4.78, 5) is 30.7. The quantitative estimate of drug-likeness (QED) is 0.794. The largest absolute Gasteiger partial charge is 0.356 e. The zero-order chi connectivity index (χ0) is 16.1. The van der Waals surface area contributed by atoms with E-state index in [-0.39, 0.29) is 17.9 Å². The minimum atomic E-state index is -0.170. The molecule has 2 N–H and O–H groups in total. The van der Waals surface area contributed by atoms with Gasteiger partial charge in [-0.2, -0.15) is 0 Å². The molecular formula is C15H23ClN4O2. The SMILES string of the molecule is CN(C)CCN1C(=O)CC[C@H]1CCNC(=O)c1cc(Cl)c[nH]1. The summed E-state index contributed by atoms with van der Waals surface area (Å²) in [6.45, 7) is 2.15. The standard InChI is InChI=1S/C15H23ClN4O2/c1-19(2)7-8-20-12(3-4-14(20)21)5-6-17-15(22)13-9-11(16)10-18-13/h9-10,12,18H,3-8H2,1-2H3,(H,17,22)/t12-/m0/s1. The normalized spacial score (nSPS) is 18.3. The number of nitrogens with one attached hydrogen (secondary N) is 2. The second kappa shape index (κ2) is 7.65. The van der Waals surface area contributed by atoms with Crippen LogP contribution in [0.1, 0.15) is 29.8 Å². The van der Waals surface area contributed by atoms with Crippen LogP contribution < -0.4 is 5.32 Å². The third-order valence-corrected chi connectivity index (χ3v) is 4.11. The summed E-state index contributed by atoms with van der Waals surface area (Å²) >= 11 is 5.78. The number of carbonyl (C=O) groups is 2. The second-order valence-electron chi connectivity index (χ2n) is 5.86. The van der Waals surface area contributed by atoms with Crippen LogP contribution in [0.15, 0.2) is 12.3 Å². The number of amides is 2. The number of likely N-dealkylation sites (tertiary alicyclic amines) is 1. The highest BCUT2D eigenvalue weighted by molar-refractivity contribution is 6.30. The van der Waals surface area contributed by atoms with E-state index in [4.69, 9.17) is 11.6 Å². The van der Waals surface area contributed by atoms with Crippen molar-refractivity contribution in [2.75, 3.05) is 33.7 Å². The lowest BCUT2D eigenvalue weighted by Crippen LogP contribution is -2.40. The number of halogens is 1. The van der Waals surface area contributed by atoms with E-state index >= 15 is 0 Å². The number of rotatable bonds is 7. The molecule has 1 saturated heterocycles. The van der Waals surface area contributed by atoms with Crippen molar-refractivity contribution in [1.82, 2.24) is 20.1 Å². The van der Waals surface area contributed by atoms with Crippen molar-refractivity contribution in [2.45, 2.75) is 25.3 Å². The second-order valence-corrected chi connectivity index (χ2v) is 6.30. The number of hydrogen-bond acceptors (Lipinski definition) is 3. The van der Waals surface area contributed by atoms with Gasteiger partial charge in [-0.05, 0) is 33.0 Å². The molecule has 1 aromatic heterocycles. The Hall–Kier alpha value is -1.53. The summed E-state index contributed by atoms with van der Waals surface area (Å²) in [5, 5.41) is 3.38. The molecule has 0 bridgehead atoms. The highest BCUT2D eigenvalue weighted by Crippen LogP contribution is 2.20. The number of aromatic amines is 1. The third-order valence-electron chi connectivity index (χ3n) is 3.90. The predicted molar refractivity (Wildman–Crippen MR) is 86.0 cm³/mol. The zero-order valence-electron chi connectivity index (χ0n) is 13.1. The van der Waals surface area contributed by atoms with E-state index in [9.17, 15) is 9.59 Å². The maximum absolute atomic E-state index is 11.9. The topological polar surface area (TPSA) is 68.4 Å². The van der Waals surface area contributed by atoms with Crippen molar-refractivity contribution in [3.63, 3.8) is 0 Å². The molecule has 0 aromatic carbocycles. The summed E-state index contributed by atoms with van der Waals surface area (Å²) in [5.41, 5.74) is 0.456. The lowest BCUT2D eigenvalue weighted by molar-refractivity contribution is -0.129. The molecule has 122 valence electrons. The van der Waals surface area contributed by atoms with E-state index in [1.54, 1.807) is 12.3 Å². The maximum atomic E-state index is 11.9. The number of hydrogen-bond donors (Lipinski definition) is 2. The lowest BCUT2D eigenvalue weighted by atomic mass is 10.1. The van der Waals surface area contributed by atoms with Crippen LogP contribution >= 0.6 is 11.6 Å².